The molecule has 0 aliphatic rings. The average molecular weight is 393 g/mol. The number of carbonyl (C=O) groups excluding carboxylic acids is 1. The summed E-state index contributed by atoms with van der Waals surface area (Å²) in [6.45, 7) is 4.40. The number of carbonyl (C=O) groups is 1. The first-order chi connectivity index (χ1) is 7.15. The Hall–Kier alpha value is 0.380. The number of likely N-dealkylation sites (N-methyl/N-ethyl adjacent to an activating group) is 1. The highest BCUT2D eigenvalue weighted by atomic mass is 79.9. The number of rotatable bonds is 5. The highest BCUT2D eigenvalue weighted by Crippen LogP contribution is 2.31. The maximum absolute atomic E-state index is 11.7. The van der Waals surface area contributed by atoms with Crippen molar-refractivity contribution >= 4 is 61.5 Å². The van der Waals surface area contributed by atoms with E-state index in [0.717, 1.165) is 20.7 Å². The minimum Gasteiger partial charge on any atom is -0.351 e. The van der Waals surface area contributed by atoms with Gasteiger partial charge in [0.05, 0.1) is 13.1 Å². The summed E-state index contributed by atoms with van der Waals surface area (Å²) >= 11 is 8.19. The Morgan fingerprint density at radius 1 is 1.44 bits per heavy atom. The smallest absolute Gasteiger partial charge is 0.253 e. The maximum atomic E-state index is 11.7. The van der Waals surface area contributed by atoms with Crippen molar-refractivity contribution in [1.29, 1.82) is 0 Å². The van der Waals surface area contributed by atoms with E-state index in [2.05, 4.69) is 42.5 Å². The van der Waals surface area contributed by atoms with Crippen molar-refractivity contribution in [3.05, 3.63) is 19.2 Å². The molecule has 16 heavy (non-hydrogen) atoms. The quantitative estimate of drug-likeness (QED) is 0.757. The fourth-order valence-corrected chi connectivity index (χ4v) is 3.82. The van der Waals surface area contributed by atoms with Crippen LogP contribution in [0.3, 0.4) is 0 Å². The van der Waals surface area contributed by atoms with Crippen molar-refractivity contribution in [3.8, 4) is 0 Å². The van der Waals surface area contributed by atoms with Crippen LogP contribution >= 0.6 is 55.6 Å². The SMILES string of the molecule is CCNCCNC(=O)c1cc(Br)sc1Br.Cl. The lowest BCUT2D eigenvalue weighted by Crippen LogP contribution is -2.31. The predicted octanol–water partition coefficient (Wildman–Crippen LogP) is 3.03. The Bertz CT molecular complexity index is 346. The summed E-state index contributed by atoms with van der Waals surface area (Å²) in [4.78, 5) is 11.7. The van der Waals surface area contributed by atoms with E-state index in [1.165, 1.54) is 11.3 Å². The lowest BCUT2D eigenvalue weighted by Gasteiger charge is -2.04. The van der Waals surface area contributed by atoms with E-state index in [1.807, 2.05) is 13.0 Å². The van der Waals surface area contributed by atoms with Crippen LogP contribution in [0.5, 0.6) is 0 Å². The summed E-state index contributed by atoms with van der Waals surface area (Å²) in [5, 5.41) is 5.98. The first-order valence-electron chi connectivity index (χ1n) is 4.59. The van der Waals surface area contributed by atoms with Crippen molar-refractivity contribution in [2.24, 2.45) is 0 Å². The first kappa shape index (κ1) is 16.4. The molecule has 0 aromatic carbocycles. The van der Waals surface area contributed by atoms with Gasteiger partial charge in [-0.2, -0.15) is 0 Å². The molecule has 1 amide bonds. The predicted molar refractivity (Wildman–Crippen MR) is 77.8 cm³/mol. The van der Waals surface area contributed by atoms with Gasteiger partial charge in [-0.1, -0.05) is 6.92 Å². The zero-order valence-corrected chi connectivity index (χ0v) is 13.5. The van der Waals surface area contributed by atoms with E-state index in [1.54, 1.807) is 0 Å². The fraction of sp³-hybridized carbons (Fsp3) is 0.444. The zero-order chi connectivity index (χ0) is 11.3. The molecule has 0 aliphatic heterocycles. The number of amides is 1. The minimum absolute atomic E-state index is 0. The molecular weight excluding hydrogens is 379 g/mol. The standard InChI is InChI=1S/C9H12Br2N2OS.ClH/c1-2-12-3-4-13-9(14)6-5-7(10)15-8(6)11;/h5,12H,2-4H2,1H3,(H,13,14);1H. The van der Waals surface area contributed by atoms with Gasteiger partial charge in [0.2, 0.25) is 0 Å². The summed E-state index contributed by atoms with van der Waals surface area (Å²) in [5.41, 5.74) is 0.684. The van der Waals surface area contributed by atoms with Gasteiger partial charge in [0.25, 0.3) is 5.91 Å². The van der Waals surface area contributed by atoms with Crippen LogP contribution in [-0.4, -0.2) is 25.5 Å². The summed E-state index contributed by atoms with van der Waals surface area (Å²) in [7, 11) is 0. The molecule has 1 aromatic rings. The third-order valence-electron chi connectivity index (χ3n) is 1.74. The Balaban J connectivity index is 0.00000225. The topological polar surface area (TPSA) is 41.1 Å². The number of nitrogens with one attached hydrogen (secondary N) is 2. The second kappa shape index (κ2) is 8.47. The largest absolute Gasteiger partial charge is 0.351 e. The Kier molecular flexibility index (Phi) is 8.67. The van der Waals surface area contributed by atoms with Gasteiger partial charge in [-0.05, 0) is 44.5 Å². The van der Waals surface area contributed by atoms with Gasteiger partial charge in [-0.15, -0.1) is 23.7 Å². The lowest BCUT2D eigenvalue weighted by atomic mass is 10.3. The van der Waals surface area contributed by atoms with Crippen LogP contribution < -0.4 is 10.6 Å². The third kappa shape index (κ3) is 5.14. The summed E-state index contributed by atoms with van der Waals surface area (Å²) < 4.78 is 1.81. The van der Waals surface area contributed by atoms with Gasteiger partial charge in [-0.3, -0.25) is 4.79 Å². The minimum atomic E-state index is -0.0401. The number of hydrogen-bond donors (Lipinski definition) is 2. The molecule has 7 heteroatoms. The average Bonchev–Trinajstić information content (AvgIpc) is 2.52. The van der Waals surface area contributed by atoms with Crippen LogP contribution in [0.15, 0.2) is 13.6 Å². The first-order valence-corrected chi connectivity index (χ1v) is 6.99. The molecule has 0 aliphatic carbocycles. The van der Waals surface area contributed by atoms with Gasteiger partial charge in [0.1, 0.15) is 0 Å². The van der Waals surface area contributed by atoms with Crippen LogP contribution in [0, 0.1) is 0 Å². The lowest BCUT2D eigenvalue weighted by molar-refractivity contribution is 0.0953. The molecular formula is C9H13Br2ClN2OS. The molecule has 3 nitrogen and oxygen atoms in total. The molecule has 1 rings (SSSR count). The molecule has 0 spiro atoms. The highest BCUT2D eigenvalue weighted by molar-refractivity contribution is 9.12. The Morgan fingerprint density at radius 2 is 2.12 bits per heavy atom. The van der Waals surface area contributed by atoms with E-state index < -0.39 is 0 Å². The van der Waals surface area contributed by atoms with Gasteiger partial charge in [-0.25, -0.2) is 0 Å². The highest BCUT2D eigenvalue weighted by Gasteiger charge is 2.12. The van der Waals surface area contributed by atoms with Gasteiger partial charge < -0.3 is 10.6 Å². The van der Waals surface area contributed by atoms with E-state index >= 15 is 0 Å². The third-order valence-corrected chi connectivity index (χ3v) is 4.08. The molecule has 0 bridgehead atoms. The molecule has 1 heterocycles. The number of thiophene rings is 1. The summed E-state index contributed by atoms with van der Waals surface area (Å²) in [6.07, 6.45) is 0. The van der Waals surface area contributed by atoms with E-state index in [0.29, 0.717) is 12.1 Å². The molecule has 0 fully saturated rings. The van der Waals surface area contributed by atoms with Gasteiger partial charge >= 0.3 is 0 Å². The van der Waals surface area contributed by atoms with E-state index in [-0.39, 0.29) is 18.3 Å². The van der Waals surface area contributed by atoms with E-state index in [9.17, 15) is 4.79 Å². The zero-order valence-electron chi connectivity index (χ0n) is 8.68. The maximum Gasteiger partial charge on any atom is 0.253 e. The summed E-state index contributed by atoms with van der Waals surface area (Å²) in [6, 6.07) is 1.82. The van der Waals surface area contributed by atoms with Gasteiger partial charge in [0, 0.05) is 13.1 Å². The van der Waals surface area contributed by atoms with Crippen LogP contribution in [0.2, 0.25) is 0 Å². The monoisotopic (exact) mass is 390 g/mol. The number of hydrogen-bond acceptors (Lipinski definition) is 3. The van der Waals surface area contributed by atoms with Crippen molar-refractivity contribution in [1.82, 2.24) is 10.6 Å². The molecule has 1 aromatic heterocycles. The van der Waals surface area contributed by atoms with Crippen molar-refractivity contribution in [2.75, 3.05) is 19.6 Å². The molecule has 0 saturated carbocycles. The fourth-order valence-electron chi connectivity index (χ4n) is 1.03. The van der Waals surface area contributed by atoms with E-state index in [4.69, 9.17) is 0 Å². The van der Waals surface area contributed by atoms with Crippen LogP contribution in [-0.2, 0) is 0 Å². The molecule has 0 radical (unpaired) electrons. The molecule has 92 valence electrons. The van der Waals surface area contributed by atoms with Crippen LogP contribution in [0.1, 0.15) is 17.3 Å². The normalized spacial score (nSPS) is 9.69. The van der Waals surface area contributed by atoms with Crippen LogP contribution in [0.25, 0.3) is 0 Å². The number of halogens is 3. The molecule has 2 N–H and O–H groups in total. The summed E-state index contributed by atoms with van der Waals surface area (Å²) in [5.74, 6) is -0.0401. The molecule has 0 saturated heterocycles. The molecule has 0 atom stereocenters. The van der Waals surface area contributed by atoms with Crippen molar-refractivity contribution in [2.45, 2.75) is 6.92 Å². The molecule has 0 unspecified atom stereocenters. The van der Waals surface area contributed by atoms with Crippen molar-refractivity contribution in [3.63, 3.8) is 0 Å². The Labute approximate surface area is 122 Å². The van der Waals surface area contributed by atoms with Crippen molar-refractivity contribution < 1.29 is 4.79 Å². The second-order valence-corrected chi connectivity index (χ2v) is 6.60. The second-order valence-electron chi connectivity index (χ2n) is 2.85. The van der Waals surface area contributed by atoms with Gasteiger partial charge in [0.15, 0.2) is 0 Å². The van der Waals surface area contributed by atoms with Crippen LogP contribution in [0.4, 0.5) is 0 Å². The Morgan fingerprint density at radius 3 is 2.62 bits per heavy atom.